The third-order valence-electron chi connectivity index (χ3n) is 6.93. The van der Waals surface area contributed by atoms with E-state index in [0.717, 1.165) is 18.5 Å². The van der Waals surface area contributed by atoms with Gasteiger partial charge in [0.1, 0.15) is 0 Å². The molecular formula is C25H35NO2. The number of hydrogen-bond donors (Lipinski definition) is 0. The average Bonchev–Trinajstić information content (AvgIpc) is 2.94. The van der Waals surface area contributed by atoms with Gasteiger partial charge < -0.3 is 10.0 Å². The van der Waals surface area contributed by atoms with Gasteiger partial charge in [-0.15, -0.1) is 0 Å². The molecule has 1 aromatic carbocycles. The summed E-state index contributed by atoms with van der Waals surface area (Å²) in [4.78, 5) is 12.0. The molecule has 2 N–H and O–H groups in total. The molecule has 1 aliphatic heterocycles. The Morgan fingerprint density at radius 1 is 1.21 bits per heavy atom. The molecule has 1 saturated carbocycles. The maximum Gasteiger partial charge on any atom is 0.159 e. The second kappa shape index (κ2) is 8.08. The lowest BCUT2D eigenvalue weighted by Crippen LogP contribution is -2.08. The number of aromatic nitrogens is 1. The lowest BCUT2D eigenvalue weighted by atomic mass is 9.81. The topological polar surface area (TPSA) is 53.5 Å². The molecule has 0 bridgehead atoms. The molecule has 3 heteroatoms. The summed E-state index contributed by atoms with van der Waals surface area (Å²) < 4.78 is 2.50. The summed E-state index contributed by atoms with van der Waals surface area (Å²) in [5, 5.41) is 1.35. The number of hydrogen-bond acceptors (Lipinski definition) is 1. The molecule has 0 saturated heterocycles. The summed E-state index contributed by atoms with van der Waals surface area (Å²) in [6, 6.07) is 6.35. The zero-order valence-electron chi connectivity index (χ0n) is 17.5. The fourth-order valence-electron chi connectivity index (χ4n) is 5.17. The van der Waals surface area contributed by atoms with Crippen LogP contribution in [0.3, 0.4) is 0 Å². The number of fused-ring (bicyclic) bond motifs is 3. The van der Waals surface area contributed by atoms with Gasteiger partial charge in [-0.25, -0.2) is 0 Å². The average molecular weight is 382 g/mol. The van der Waals surface area contributed by atoms with Crippen LogP contribution in [0.25, 0.3) is 16.5 Å². The molecule has 4 rings (SSSR count). The molecule has 2 heterocycles. The predicted molar refractivity (Wildman–Crippen MR) is 120 cm³/mol. The molecule has 0 spiro atoms. The van der Waals surface area contributed by atoms with E-state index in [9.17, 15) is 4.79 Å². The van der Waals surface area contributed by atoms with Gasteiger partial charge in [-0.1, -0.05) is 56.5 Å². The number of allylic oxidation sites excluding steroid dienone is 3. The first kappa shape index (κ1) is 20.6. The van der Waals surface area contributed by atoms with Crippen molar-refractivity contribution in [2.24, 2.45) is 5.92 Å². The number of rotatable bonds is 3. The molecule has 152 valence electrons. The Morgan fingerprint density at radius 2 is 1.93 bits per heavy atom. The maximum atomic E-state index is 12.0. The van der Waals surface area contributed by atoms with Gasteiger partial charge in [0, 0.05) is 24.4 Å². The fourth-order valence-corrected chi connectivity index (χ4v) is 5.17. The van der Waals surface area contributed by atoms with Crippen molar-refractivity contribution in [2.75, 3.05) is 0 Å². The van der Waals surface area contributed by atoms with Crippen LogP contribution in [0, 0.1) is 5.92 Å². The molecule has 1 fully saturated rings. The Morgan fingerprint density at radius 3 is 2.57 bits per heavy atom. The van der Waals surface area contributed by atoms with Crippen molar-refractivity contribution in [3.8, 4) is 0 Å². The van der Waals surface area contributed by atoms with Gasteiger partial charge in [0.2, 0.25) is 0 Å². The van der Waals surface area contributed by atoms with Crippen molar-refractivity contribution in [3.05, 3.63) is 53.2 Å². The third kappa shape index (κ3) is 3.26. The van der Waals surface area contributed by atoms with E-state index in [0.29, 0.717) is 11.8 Å². The summed E-state index contributed by atoms with van der Waals surface area (Å²) in [5.41, 5.74) is 7.73. The van der Waals surface area contributed by atoms with E-state index in [4.69, 9.17) is 0 Å². The quantitative estimate of drug-likeness (QED) is 0.575. The summed E-state index contributed by atoms with van der Waals surface area (Å²) in [7, 11) is 0. The van der Waals surface area contributed by atoms with Crippen LogP contribution in [-0.4, -0.2) is 15.8 Å². The highest BCUT2D eigenvalue weighted by Gasteiger charge is 2.29. The highest BCUT2D eigenvalue weighted by Crippen LogP contribution is 2.45. The van der Waals surface area contributed by atoms with E-state index >= 15 is 0 Å². The van der Waals surface area contributed by atoms with E-state index < -0.39 is 0 Å². The first-order chi connectivity index (χ1) is 13.0. The van der Waals surface area contributed by atoms with Crippen LogP contribution in [0.15, 0.2) is 36.4 Å². The Balaban J connectivity index is 0.00000150. The van der Waals surface area contributed by atoms with E-state index in [1.54, 1.807) is 6.92 Å². The van der Waals surface area contributed by atoms with Crippen LogP contribution in [-0.2, 0) is 6.54 Å². The number of ketones is 1. The van der Waals surface area contributed by atoms with Crippen LogP contribution in [0.2, 0.25) is 0 Å². The molecule has 1 aromatic heterocycles. The summed E-state index contributed by atoms with van der Waals surface area (Å²) in [6.45, 7) is 11.5. The lowest BCUT2D eigenvalue weighted by Gasteiger charge is -2.24. The minimum absolute atomic E-state index is 0. The lowest BCUT2D eigenvalue weighted by molar-refractivity contribution is 0.101. The SMILES string of the molecule is C=CC1=C(C)C(C)CCn2c1c(C1CCCCC1)c1ccc(C(C)=O)cc12.O.[HH]. The molecule has 2 aromatic rings. The first-order valence-electron chi connectivity index (χ1n) is 10.5. The fraction of sp³-hybridized carbons (Fsp3) is 0.480. The molecule has 2 aliphatic rings. The summed E-state index contributed by atoms with van der Waals surface area (Å²) >= 11 is 0. The van der Waals surface area contributed by atoms with Gasteiger partial charge in [0.25, 0.3) is 0 Å². The van der Waals surface area contributed by atoms with Gasteiger partial charge in [0.15, 0.2) is 5.78 Å². The molecule has 1 aliphatic carbocycles. The van der Waals surface area contributed by atoms with Crippen LogP contribution >= 0.6 is 0 Å². The van der Waals surface area contributed by atoms with Crippen LogP contribution in [0.5, 0.6) is 0 Å². The largest absolute Gasteiger partial charge is 0.412 e. The van der Waals surface area contributed by atoms with Crippen LogP contribution < -0.4 is 0 Å². The van der Waals surface area contributed by atoms with Crippen molar-refractivity contribution in [1.29, 1.82) is 0 Å². The second-order valence-corrected chi connectivity index (χ2v) is 8.53. The molecule has 1 unspecified atom stereocenters. The molecule has 1 atom stereocenters. The van der Waals surface area contributed by atoms with Gasteiger partial charge in [-0.2, -0.15) is 0 Å². The van der Waals surface area contributed by atoms with Crippen LogP contribution in [0.1, 0.15) is 88.3 Å². The zero-order valence-corrected chi connectivity index (χ0v) is 17.5. The van der Waals surface area contributed by atoms with Gasteiger partial charge >= 0.3 is 0 Å². The number of nitrogens with zero attached hydrogens (tertiary/aromatic N) is 1. The smallest absolute Gasteiger partial charge is 0.159 e. The number of benzene rings is 1. The standard InChI is InChI=1S/C25H31NO.H2O.H2/c1-5-21-17(3)16(2)13-14-26-23-15-20(18(4)27)11-12-22(23)24(25(21)26)19-9-7-6-8-10-19;;/h5,11-12,15-16,19H,1,6-10,13-14H2,2-4H3;1H2;1H. The molecular weight excluding hydrogens is 346 g/mol. The van der Waals surface area contributed by atoms with E-state index in [-0.39, 0.29) is 12.7 Å². The Labute approximate surface area is 169 Å². The monoisotopic (exact) mass is 381 g/mol. The number of aryl methyl sites for hydroxylation is 1. The number of carbonyl (C=O) groups excluding carboxylic acids is 1. The first-order valence-corrected chi connectivity index (χ1v) is 10.5. The minimum atomic E-state index is 0. The van der Waals surface area contributed by atoms with Gasteiger partial charge in [-0.3, -0.25) is 4.79 Å². The Kier molecular flexibility index (Phi) is 5.95. The second-order valence-electron chi connectivity index (χ2n) is 8.53. The minimum Gasteiger partial charge on any atom is -0.412 e. The van der Waals surface area contributed by atoms with Crippen molar-refractivity contribution in [2.45, 2.75) is 71.8 Å². The maximum absolute atomic E-state index is 12.0. The van der Waals surface area contributed by atoms with Crippen molar-refractivity contribution in [3.63, 3.8) is 0 Å². The summed E-state index contributed by atoms with van der Waals surface area (Å²) in [5.74, 6) is 1.32. The number of Topliss-reactive ketones (excluding diaryl/α,β-unsaturated/α-hetero) is 1. The van der Waals surface area contributed by atoms with Gasteiger partial charge in [-0.05, 0) is 62.1 Å². The highest BCUT2D eigenvalue weighted by atomic mass is 16.1. The van der Waals surface area contributed by atoms with Crippen molar-refractivity contribution >= 4 is 22.3 Å². The molecule has 0 radical (unpaired) electrons. The van der Waals surface area contributed by atoms with Crippen LogP contribution in [0.4, 0.5) is 0 Å². The molecule has 0 amide bonds. The Bertz CT molecular complexity index is 947. The number of carbonyl (C=O) groups is 1. The normalized spacial score (nSPS) is 20.5. The Hall–Kier alpha value is -2.13. The summed E-state index contributed by atoms with van der Waals surface area (Å²) in [6.07, 6.45) is 9.77. The van der Waals surface area contributed by atoms with Crippen molar-refractivity contribution in [1.82, 2.24) is 4.57 Å². The van der Waals surface area contributed by atoms with E-state index in [1.165, 1.54) is 65.4 Å². The predicted octanol–water partition coefficient (Wildman–Crippen LogP) is 6.31. The molecule has 3 nitrogen and oxygen atoms in total. The van der Waals surface area contributed by atoms with Crippen molar-refractivity contribution < 1.29 is 11.7 Å². The molecule has 28 heavy (non-hydrogen) atoms. The van der Waals surface area contributed by atoms with E-state index in [1.807, 2.05) is 6.07 Å². The van der Waals surface area contributed by atoms with Gasteiger partial charge in [0.05, 0.1) is 5.69 Å². The highest BCUT2D eigenvalue weighted by molar-refractivity contribution is 6.00. The zero-order chi connectivity index (χ0) is 19.1. The third-order valence-corrected chi connectivity index (χ3v) is 6.93. The van der Waals surface area contributed by atoms with E-state index in [2.05, 4.69) is 43.2 Å².